The van der Waals surface area contributed by atoms with Crippen molar-refractivity contribution in [1.82, 2.24) is 4.98 Å². The van der Waals surface area contributed by atoms with Crippen LogP contribution in [0.5, 0.6) is 0 Å². The van der Waals surface area contributed by atoms with Crippen LogP contribution in [0.4, 0.5) is 6.01 Å². The van der Waals surface area contributed by atoms with Crippen LogP contribution in [0.3, 0.4) is 0 Å². The van der Waals surface area contributed by atoms with Gasteiger partial charge in [-0.05, 0) is 43.4 Å². The van der Waals surface area contributed by atoms with Gasteiger partial charge < -0.3 is 15.5 Å². The molecule has 2 unspecified atom stereocenters. The van der Waals surface area contributed by atoms with Gasteiger partial charge in [-0.3, -0.25) is 0 Å². The SMILES string of the molecule is NCC1CCCC1CNc1nc2ccccc2o1. The van der Waals surface area contributed by atoms with Gasteiger partial charge in [0, 0.05) is 6.54 Å². The molecule has 2 atom stereocenters. The lowest BCUT2D eigenvalue weighted by Crippen LogP contribution is -2.24. The molecule has 1 heterocycles. The minimum absolute atomic E-state index is 0.624. The highest BCUT2D eigenvalue weighted by atomic mass is 16.4. The van der Waals surface area contributed by atoms with E-state index in [2.05, 4.69) is 10.3 Å². The standard InChI is InChI=1S/C14H19N3O/c15-8-10-4-3-5-11(10)9-16-14-17-12-6-1-2-7-13(12)18-14/h1-2,6-7,10-11H,3-5,8-9,15H2,(H,16,17). The largest absolute Gasteiger partial charge is 0.424 e. The molecule has 3 N–H and O–H groups in total. The summed E-state index contributed by atoms with van der Waals surface area (Å²) in [6.07, 6.45) is 3.81. The Morgan fingerprint density at radius 1 is 1.28 bits per heavy atom. The van der Waals surface area contributed by atoms with Gasteiger partial charge in [0.1, 0.15) is 5.52 Å². The molecule has 96 valence electrons. The molecule has 1 aromatic carbocycles. The van der Waals surface area contributed by atoms with Gasteiger partial charge in [-0.1, -0.05) is 18.6 Å². The number of hydrogen-bond donors (Lipinski definition) is 2. The Morgan fingerprint density at radius 2 is 2.11 bits per heavy atom. The third-order valence-electron chi connectivity index (χ3n) is 3.93. The highest BCUT2D eigenvalue weighted by Crippen LogP contribution is 2.31. The summed E-state index contributed by atoms with van der Waals surface area (Å²) in [4.78, 5) is 4.42. The van der Waals surface area contributed by atoms with Crippen LogP contribution >= 0.6 is 0 Å². The molecule has 18 heavy (non-hydrogen) atoms. The van der Waals surface area contributed by atoms with E-state index in [0.29, 0.717) is 17.9 Å². The number of rotatable bonds is 4. The van der Waals surface area contributed by atoms with Crippen molar-refractivity contribution in [1.29, 1.82) is 0 Å². The molecule has 1 fully saturated rings. The highest BCUT2D eigenvalue weighted by Gasteiger charge is 2.26. The van der Waals surface area contributed by atoms with Crippen molar-refractivity contribution in [3.8, 4) is 0 Å². The van der Waals surface area contributed by atoms with Gasteiger partial charge in [-0.2, -0.15) is 4.98 Å². The maximum absolute atomic E-state index is 5.79. The smallest absolute Gasteiger partial charge is 0.295 e. The topological polar surface area (TPSA) is 64.1 Å². The number of benzene rings is 1. The second-order valence-electron chi connectivity index (χ2n) is 5.05. The van der Waals surface area contributed by atoms with Gasteiger partial charge in [0.05, 0.1) is 0 Å². The lowest BCUT2D eigenvalue weighted by molar-refractivity contribution is 0.410. The molecule has 1 aliphatic carbocycles. The molecule has 1 aromatic heterocycles. The van der Waals surface area contributed by atoms with Crippen molar-refractivity contribution < 1.29 is 4.42 Å². The zero-order valence-corrected chi connectivity index (χ0v) is 10.4. The molecule has 0 aliphatic heterocycles. The quantitative estimate of drug-likeness (QED) is 0.869. The molecule has 0 saturated heterocycles. The van der Waals surface area contributed by atoms with Crippen LogP contribution in [0.25, 0.3) is 11.1 Å². The van der Waals surface area contributed by atoms with Crippen LogP contribution in [0.2, 0.25) is 0 Å². The molecule has 4 heteroatoms. The fourth-order valence-corrected chi connectivity index (χ4v) is 2.86. The summed E-state index contributed by atoms with van der Waals surface area (Å²) in [5.41, 5.74) is 7.53. The van der Waals surface area contributed by atoms with E-state index in [-0.39, 0.29) is 0 Å². The summed E-state index contributed by atoms with van der Waals surface area (Å²) < 4.78 is 5.64. The van der Waals surface area contributed by atoms with Crippen molar-refractivity contribution in [2.45, 2.75) is 19.3 Å². The van der Waals surface area contributed by atoms with Crippen molar-refractivity contribution >= 4 is 17.1 Å². The Bertz CT molecular complexity index is 489. The molecule has 1 saturated carbocycles. The fraction of sp³-hybridized carbons (Fsp3) is 0.500. The third-order valence-corrected chi connectivity index (χ3v) is 3.93. The van der Waals surface area contributed by atoms with E-state index in [9.17, 15) is 0 Å². The Morgan fingerprint density at radius 3 is 2.94 bits per heavy atom. The van der Waals surface area contributed by atoms with Gasteiger partial charge in [0.15, 0.2) is 5.58 Å². The highest BCUT2D eigenvalue weighted by molar-refractivity contribution is 5.74. The van der Waals surface area contributed by atoms with Crippen LogP contribution in [0, 0.1) is 11.8 Å². The Hall–Kier alpha value is -1.55. The molecular weight excluding hydrogens is 226 g/mol. The van der Waals surface area contributed by atoms with Gasteiger partial charge in [0.2, 0.25) is 0 Å². The summed E-state index contributed by atoms with van der Waals surface area (Å²) in [6, 6.07) is 8.45. The number of nitrogens with zero attached hydrogens (tertiary/aromatic N) is 1. The molecule has 0 radical (unpaired) electrons. The first-order valence-electron chi connectivity index (χ1n) is 6.66. The van der Waals surface area contributed by atoms with E-state index in [1.807, 2.05) is 24.3 Å². The monoisotopic (exact) mass is 245 g/mol. The van der Waals surface area contributed by atoms with E-state index >= 15 is 0 Å². The van der Waals surface area contributed by atoms with Gasteiger partial charge in [-0.15, -0.1) is 0 Å². The number of fused-ring (bicyclic) bond motifs is 1. The molecule has 2 aromatic rings. The van der Waals surface area contributed by atoms with Crippen molar-refractivity contribution in [2.24, 2.45) is 17.6 Å². The number of nitrogens with one attached hydrogen (secondary N) is 1. The van der Waals surface area contributed by atoms with Crippen LogP contribution in [-0.2, 0) is 0 Å². The normalized spacial score (nSPS) is 23.6. The molecule has 0 spiro atoms. The first-order chi connectivity index (χ1) is 8.86. The second kappa shape index (κ2) is 4.98. The van der Waals surface area contributed by atoms with Crippen molar-refractivity contribution in [3.63, 3.8) is 0 Å². The van der Waals surface area contributed by atoms with Gasteiger partial charge in [-0.25, -0.2) is 0 Å². The summed E-state index contributed by atoms with van der Waals surface area (Å²) >= 11 is 0. The van der Waals surface area contributed by atoms with E-state index in [4.69, 9.17) is 10.2 Å². The first kappa shape index (κ1) is 11.5. The zero-order valence-electron chi connectivity index (χ0n) is 10.4. The van der Waals surface area contributed by atoms with Gasteiger partial charge >= 0.3 is 0 Å². The van der Waals surface area contributed by atoms with Crippen molar-refractivity contribution in [2.75, 3.05) is 18.4 Å². The molecule has 4 nitrogen and oxygen atoms in total. The summed E-state index contributed by atoms with van der Waals surface area (Å²) in [6.45, 7) is 1.70. The van der Waals surface area contributed by atoms with E-state index in [0.717, 1.165) is 24.2 Å². The van der Waals surface area contributed by atoms with E-state index in [1.54, 1.807) is 0 Å². The molecule has 1 aliphatic rings. The van der Waals surface area contributed by atoms with Crippen LogP contribution in [0.15, 0.2) is 28.7 Å². The zero-order chi connectivity index (χ0) is 12.4. The molecule has 3 rings (SSSR count). The average molecular weight is 245 g/mol. The average Bonchev–Trinajstić information content (AvgIpc) is 3.01. The Labute approximate surface area is 107 Å². The molecule has 0 bridgehead atoms. The van der Waals surface area contributed by atoms with Crippen LogP contribution < -0.4 is 11.1 Å². The Kier molecular flexibility index (Phi) is 3.19. The first-order valence-corrected chi connectivity index (χ1v) is 6.66. The molecular formula is C14H19N3O. The predicted molar refractivity (Wildman–Crippen MR) is 72.4 cm³/mol. The van der Waals surface area contributed by atoms with Gasteiger partial charge in [0.25, 0.3) is 6.01 Å². The fourth-order valence-electron chi connectivity index (χ4n) is 2.86. The Balaban J connectivity index is 1.66. The maximum atomic E-state index is 5.79. The van der Waals surface area contributed by atoms with E-state index in [1.165, 1.54) is 19.3 Å². The molecule has 0 amide bonds. The second-order valence-corrected chi connectivity index (χ2v) is 5.05. The lowest BCUT2D eigenvalue weighted by Gasteiger charge is -2.17. The summed E-state index contributed by atoms with van der Waals surface area (Å²) in [5, 5.41) is 3.31. The minimum Gasteiger partial charge on any atom is -0.424 e. The third kappa shape index (κ3) is 2.20. The number of nitrogens with two attached hydrogens (primary N) is 1. The number of para-hydroxylation sites is 2. The lowest BCUT2D eigenvalue weighted by atomic mass is 9.96. The maximum Gasteiger partial charge on any atom is 0.295 e. The number of oxazole rings is 1. The number of anilines is 1. The predicted octanol–water partition coefficient (Wildman–Crippen LogP) is 2.61. The van der Waals surface area contributed by atoms with Crippen LogP contribution in [0.1, 0.15) is 19.3 Å². The summed E-state index contributed by atoms with van der Waals surface area (Å²) in [5.74, 6) is 1.31. The van der Waals surface area contributed by atoms with Crippen molar-refractivity contribution in [3.05, 3.63) is 24.3 Å². The number of hydrogen-bond acceptors (Lipinski definition) is 4. The van der Waals surface area contributed by atoms with E-state index < -0.39 is 0 Å². The number of aromatic nitrogens is 1. The summed E-state index contributed by atoms with van der Waals surface area (Å²) in [7, 11) is 0. The van der Waals surface area contributed by atoms with Crippen LogP contribution in [-0.4, -0.2) is 18.1 Å². The minimum atomic E-state index is 0.624.